The van der Waals surface area contributed by atoms with Crippen molar-refractivity contribution in [3.05, 3.63) is 85.1 Å². The van der Waals surface area contributed by atoms with Crippen molar-refractivity contribution in [2.24, 2.45) is 0 Å². The summed E-state index contributed by atoms with van der Waals surface area (Å²) in [5.41, 5.74) is 0. The first-order valence-corrected chi connectivity index (χ1v) is 21.1. The van der Waals surface area contributed by atoms with Crippen LogP contribution in [0.25, 0.3) is 0 Å². The lowest BCUT2D eigenvalue weighted by Crippen LogP contribution is -2.25. The average molecular weight is 723 g/mol. The van der Waals surface area contributed by atoms with Gasteiger partial charge in [-0.05, 0) is 77.0 Å². The standard InChI is InChI=1S/C47H78O5/c1-3-5-7-9-11-13-15-17-19-21-23-25-27-29-31-33-35-37-39-41-46(49)51-43-45(48)44-52-47(50)42-40-38-36-34-32-30-28-26-24-22-20-18-16-14-12-10-8-6-4-2/h5,7,11,13,17-20,23,25,29,31,35,37,45,48H,3-4,6,8-10,12,14-16,21-22,24,26-28,30,32-34,36,38-44H2,1-2H3/b7-5-,13-11-,19-17-,20-18-,25-23-,31-29-,37-35-/t45-/m0/s1. The van der Waals surface area contributed by atoms with Crippen molar-refractivity contribution in [3.8, 4) is 0 Å². The summed E-state index contributed by atoms with van der Waals surface area (Å²) in [6.45, 7) is 4.11. The molecule has 0 radical (unpaired) electrons. The lowest BCUT2D eigenvalue weighted by molar-refractivity contribution is -0.152. The number of carbonyl (C=O) groups excluding carboxylic acids is 2. The molecule has 0 unspecified atom stereocenters. The molecule has 1 N–H and O–H groups in total. The summed E-state index contributed by atoms with van der Waals surface area (Å²) in [6, 6.07) is 0. The number of carbonyl (C=O) groups is 2. The molecule has 5 heteroatoms. The minimum atomic E-state index is -1.00. The number of aliphatic hydroxyl groups excluding tert-OH is 1. The van der Waals surface area contributed by atoms with E-state index in [2.05, 4.69) is 86.8 Å². The van der Waals surface area contributed by atoms with Crippen molar-refractivity contribution in [2.45, 2.75) is 187 Å². The van der Waals surface area contributed by atoms with E-state index in [1.165, 1.54) is 89.9 Å². The van der Waals surface area contributed by atoms with Gasteiger partial charge < -0.3 is 14.6 Å². The fourth-order valence-electron chi connectivity index (χ4n) is 5.46. The molecule has 0 aliphatic rings. The fraction of sp³-hybridized carbons (Fsp3) is 0.660. The van der Waals surface area contributed by atoms with Crippen molar-refractivity contribution < 1.29 is 24.2 Å². The molecular weight excluding hydrogens is 645 g/mol. The normalized spacial score (nSPS) is 13.1. The summed E-state index contributed by atoms with van der Waals surface area (Å²) in [7, 11) is 0. The number of aliphatic hydroxyl groups is 1. The summed E-state index contributed by atoms with van der Waals surface area (Å²) in [5.74, 6) is -0.666. The number of hydrogen-bond donors (Lipinski definition) is 1. The Morgan fingerprint density at radius 2 is 0.769 bits per heavy atom. The van der Waals surface area contributed by atoms with Crippen molar-refractivity contribution in [1.29, 1.82) is 0 Å². The average Bonchev–Trinajstić information content (AvgIpc) is 3.15. The van der Waals surface area contributed by atoms with Crippen LogP contribution in [0.4, 0.5) is 0 Å². The molecule has 0 aromatic rings. The van der Waals surface area contributed by atoms with Crippen LogP contribution in [0.15, 0.2) is 85.1 Å². The van der Waals surface area contributed by atoms with Gasteiger partial charge in [-0.15, -0.1) is 0 Å². The summed E-state index contributed by atoms with van der Waals surface area (Å²) in [4.78, 5) is 24.0. The second kappa shape index (κ2) is 42.5. The molecule has 0 rings (SSSR count). The van der Waals surface area contributed by atoms with Crippen LogP contribution in [0.3, 0.4) is 0 Å². The van der Waals surface area contributed by atoms with Crippen LogP contribution in [0, 0.1) is 0 Å². The first-order chi connectivity index (χ1) is 25.6. The van der Waals surface area contributed by atoms with Gasteiger partial charge in [-0.2, -0.15) is 0 Å². The molecule has 0 fully saturated rings. The zero-order valence-corrected chi connectivity index (χ0v) is 33.5. The third-order valence-corrected chi connectivity index (χ3v) is 8.63. The summed E-state index contributed by atoms with van der Waals surface area (Å²) in [5, 5.41) is 10.0. The fourth-order valence-corrected chi connectivity index (χ4v) is 5.46. The Balaban J connectivity index is 3.56. The third kappa shape index (κ3) is 41.5. The van der Waals surface area contributed by atoms with Gasteiger partial charge in [-0.3, -0.25) is 9.59 Å². The van der Waals surface area contributed by atoms with Crippen molar-refractivity contribution in [1.82, 2.24) is 0 Å². The van der Waals surface area contributed by atoms with Crippen LogP contribution in [-0.2, 0) is 19.1 Å². The Morgan fingerprint density at radius 3 is 1.21 bits per heavy atom. The van der Waals surface area contributed by atoms with Gasteiger partial charge in [0, 0.05) is 12.8 Å². The number of ether oxygens (including phenoxy) is 2. The van der Waals surface area contributed by atoms with Gasteiger partial charge in [-0.1, -0.05) is 176 Å². The SMILES string of the molecule is CC/C=C\C/C=C\C/C=C\C/C=C\C/C=C\C/C=C\CCC(=O)OC[C@H](O)COC(=O)CCCCCCCCCCC/C=C\CCCCCCCC. The molecule has 52 heavy (non-hydrogen) atoms. The number of esters is 2. The van der Waals surface area contributed by atoms with E-state index in [4.69, 9.17) is 9.47 Å². The first-order valence-electron chi connectivity index (χ1n) is 21.1. The second-order valence-corrected chi connectivity index (χ2v) is 13.7. The molecule has 0 amide bonds. The van der Waals surface area contributed by atoms with Gasteiger partial charge in [-0.25, -0.2) is 0 Å². The number of allylic oxidation sites excluding steroid dienone is 14. The van der Waals surface area contributed by atoms with Crippen LogP contribution in [0.5, 0.6) is 0 Å². The van der Waals surface area contributed by atoms with E-state index >= 15 is 0 Å². The van der Waals surface area contributed by atoms with Gasteiger partial charge >= 0.3 is 11.9 Å². The Morgan fingerprint density at radius 1 is 0.423 bits per heavy atom. The molecule has 1 atom stereocenters. The summed E-state index contributed by atoms with van der Waals surface area (Å²) >= 11 is 0. The molecule has 0 bridgehead atoms. The maximum absolute atomic E-state index is 12.0. The van der Waals surface area contributed by atoms with E-state index < -0.39 is 6.10 Å². The minimum Gasteiger partial charge on any atom is -0.463 e. The molecule has 0 heterocycles. The van der Waals surface area contributed by atoms with Crippen LogP contribution in [0.1, 0.15) is 181 Å². The topological polar surface area (TPSA) is 72.8 Å². The largest absolute Gasteiger partial charge is 0.463 e. The smallest absolute Gasteiger partial charge is 0.306 e. The minimum absolute atomic E-state index is 0.145. The van der Waals surface area contributed by atoms with Crippen LogP contribution < -0.4 is 0 Å². The second-order valence-electron chi connectivity index (χ2n) is 13.7. The van der Waals surface area contributed by atoms with Crippen molar-refractivity contribution >= 4 is 11.9 Å². The van der Waals surface area contributed by atoms with Gasteiger partial charge in [0.1, 0.15) is 19.3 Å². The zero-order chi connectivity index (χ0) is 37.8. The molecule has 0 aliphatic heterocycles. The van der Waals surface area contributed by atoms with E-state index in [0.29, 0.717) is 12.8 Å². The molecular formula is C47H78O5. The van der Waals surface area contributed by atoms with Crippen LogP contribution in [0.2, 0.25) is 0 Å². The quantitative estimate of drug-likeness (QED) is 0.0393. The monoisotopic (exact) mass is 723 g/mol. The highest BCUT2D eigenvalue weighted by atomic mass is 16.6. The van der Waals surface area contributed by atoms with E-state index in [1.54, 1.807) is 0 Å². The molecule has 296 valence electrons. The predicted molar refractivity (Wildman–Crippen MR) is 223 cm³/mol. The molecule has 0 saturated heterocycles. The predicted octanol–water partition coefficient (Wildman–Crippen LogP) is 13.5. The zero-order valence-electron chi connectivity index (χ0n) is 33.5. The highest BCUT2D eigenvalue weighted by molar-refractivity contribution is 5.70. The van der Waals surface area contributed by atoms with E-state index in [0.717, 1.165) is 57.8 Å². The Hall–Kier alpha value is -2.92. The van der Waals surface area contributed by atoms with E-state index in [1.807, 2.05) is 12.2 Å². The third-order valence-electron chi connectivity index (χ3n) is 8.63. The molecule has 0 aliphatic carbocycles. The summed E-state index contributed by atoms with van der Waals surface area (Å²) in [6.07, 6.45) is 58.0. The number of rotatable bonds is 37. The van der Waals surface area contributed by atoms with Crippen LogP contribution >= 0.6 is 0 Å². The van der Waals surface area contributed by atoms with E-state index in [9.17, 15) is 14.7 Å². The highest BCUT2D eigenvalue weighted by Gasteiger charge is 2.11. The van der Waals surface area contributed by atoms with Gasteiger partial charge in [0.15, 0.2) is 0 Å². The molecule has 0 spiro atoms. The van der Waals surface area contributed by atoms with Gasteiger partial charge in [0.2, 0.25) is 0 Å². The molecule has 5 nitrogen and oxygen atoms in total. The maximum atomic E-state index is 12.0. The molecule has 0 aromatic heterocycles. The van der Waals surface area contributed by atoms with E-state index in [-0.39, 0.29) is 31.6 Å². The lowest BCUT2D eigenvalue weighted by Gasteiger charge is -2.12. The van der Waals surface area contributed by atoms with Crippen molar-refractivity contribution in [2.75, 3.05) is 13.2 Å². The molecule has 0 aromatic carbocycles. The van der Waals surface area contributed by atoms with Gasteiger partial charge in [0.25, 0.3) is 0 Å². The van der Waals surface area contributed by atoms with Crippen LogP contribution in [-0.4, -0.2) is 36.4 Å². The Bertz CT molecular complexity index is 999. The maximum Gasteiger partial charge on any atom is 0.306 e. The van der Waals surface area contributed by atoms with Crippen molar-refractivity contribution in [3.63, 3.8) is 0 Å². The Labute approximate surface area is 320 Å². The number of hydrogen-bond acceptors (Lipinski definition) is 5. The number of unbranched alkanes of at least 4 members (excludes halogenated alkanes) is 15. The Kier molecular flexibility index (Phi) is 40.1. The summed E-state index contributed by atoms with van der Waals surface area (Å²) < 4.78 is 10.3. The lowest BCUT2D eigenvalue weighted by atomic mass is 10.1. The molecule has 0 saturated carbocycles. The first kappa shape index (κ1) is 49.1. The van der Waals surface area contributed by atoms with Gasteiger partial charge in [0.05, 0.1) is 0 Å². The highest BCUT2D eigenvalue weighted by Crippen LogP contribution is 2.13.